The highest BCUT2D eigenvalue weighted by Crippen LogP contribution is 2.32. The van der Waals surface area contributed by atoms with E-state index in [4.69, 9.17) is 28.9 Å². The van der Waals surface area contributed by atoms with Crippen molar-refractivity contribution in [2.45, 2.75) is 19.4 Å². The number of hydrogen-bond donors (Lipinski definition) is 2. The van der Waals surface area contributed by atoms with Crippen LogP contribution in [0.15, 0.2) is 23.6 Å². The minimum atomic E-state index is 0.176. The highest BCUT2D eigenvalue weighted by Gasteiger charge is 2.14. The molecule has 3 nitrogen and oxygen atoms in total. The van der Waals surface area contributed by atoms with Crippen LogP contribution in [0.1, 0.15) is 24.3 Å². The molecule has 0 radical (unpaired) electrons. The Labute approximate surface area is 120 Å². The average Bonchev–Trinajstić information content (AvgIpc) is 2.85. The molecule has 2 heterocycles. The van der Waals surface area contributed by atoms with Gasteiger partial charge in [-0.05, 0) is 23.9 Å². The molecule has 0 spiro atoms. The zero-order chi connectivity index (χ0) is 13.1. The van der Waals surface area contributed by atoms with E-state index in [-0.39, 0.29) is 11.9 Å². The molecule has 0 aliphatic heterocycles. The van der Waals surface area contributed by atoms with Crippen molar-refractivity contribution in [3.8, 4) is 0 Å². The number of aromatic nitrogens is 1. The Kier molecular flexibility index (Phi) is 4.32. The quantitative estimate of drug-likeness (QED) is 0.868. The van der Waals surface area contributed by atoms with E-state index in [0.717, 1.165) is 6.42 Å². The number of thiophene rings is 1. The molecule has 0 fully saturated rings. The summed E-state index contributed by atoms with van der Waals surface area (Å²) in [6, 6.07) is 5.89. The molecule has 3 N–H and O–H groups in total. The third-order valence-electron chi connectivity index (χ3n) is 2.56. The second-order valence-electron chi connectivity index (χ2n) is 3.81. The molecule has 2 rings (SSSR count). The van der Waals surface area contributed by atoms with E-state index in [2.05, 4.69) is 23.3 Å². The van der Waals surface area contributed by atoms with Gasteiger partial charge in [-0.2, -0.15) is 0 Å². The van der Waals surface area contributed by atoms with Crippen molar-refractivity contribution < 1.29 is 0 Å². The summed E-state index contributed by atoms with van der Waals surface area (Å²) in [4.78, 5) is 5.42. The fourth-order valence-corrected chi connectivity index (χ4v) is 2.89. The molecule has 1 unspecified atom stereocenters. The van der Waals surface area contributed by atoms with Crippen molar-refractivity contribution >= 4 is 46.2 Å². The average molecular weight is 302 g/mol. The molecular weight excluding hydrogens is 289 g/mol. The first kappa shape index (κ1) is 13.5. The molecular formula is C12H13Cl2N3S. The van der Waals surface area contributed by atoms with Gasteiger partial charge in [0.2, 0.25) is 0 Å². The molecule has 0 saturated heterocycles. The zero-order valence-corrected chi connectivity index (χ0v) is 12.1. The molecule has 2 aromatic heterocycles. The lowest BCUT2D eigenvalue weighted by molar-refractivity contribution is 0.759. The van der Waals surface area contributed by atoms with E-state index >= 15 is 0 Å². The number of nitrogen functional groups attached to an aromatic ring is 1. The summed E-state index contributed by atoms with van der Waals surface area (Å²) in [7, 11) is 0. The second kappa shape index (κ2) is 5.78. The van der Waals surface area contributed by atoms with Crippen LogP contribution in [-0.4, -0.2) is 4.98 Å². The first-order valence-corrected chi connectivity index (χ1v) is 7.16. The summed E-state index contributed by atoms with van der Waals surface area (Å²) in [5.74, 6) is 0.850. The zero-order valence-electron chi connectivity index (χ0n) is 9.78. The molecule has 96 valence electrons. The van der Waals surface area contributed by atoms with Crippen molar-refractivity contribution in [1.29, 1.82) is 0 Å². The fraction of sp³-hybridized carbons (Fsp3) is 0.250. The summed E-state index contributed by atoms with van der Waals surface area (Å²) in [5.41, 5.74) is 5.69. The smallest absolute Gasteiger partial charge is 0.147 e. The van der Waals surface area contributed by atoms with Crippen LogP contribution in [0.4, 0.5) is 11.6 Å². The number of nitrogens with one attached hydrogen (secondary N) is 1. The maximum atomic E-state index is 6.10. The van der Waals surface area contributed by atoms with Crippen LogP contribution in [0.5, 0.6) is 0 Å². The van der Waals surface area contributed by atoms with E-state index in [0.29, 0.717) is 15.9 Å². The van der Waals surface area contributed by atoms with Gasteiger partial charge in [-0.25, -0.2) is 4.98 Å². The minimum Gasteiger partial charge on any atom is -0.382 e. The van der Waals surface area contributed by atoms with E-state index in [1.807, 2.05) is 11.4 Å². The number of pyridine rings is 1. The van der Waals surface area contributed by atoms with Gasteiger partial charge < -0.3 is 11.1 Å². The van der Waals surface area contributed by atoms with Gasteiger partial charge >= 0.3 is 0 Å². The van der Waals surface area contributed by atoms with Gasteiger partial charge in [0.25, 0.3) is 0 Å². The molecule has 0 aliphatic carbocycles. The molecule has 0 amide bonds. The summed E-state index contributed by atoms with van der Waals surface area (Å²) in [5, 5.41) is 6.19. The van der Waals surface area contributed by atoms with Crippen molar-refractivity contribution in [3.63, 3.8) is 0 Å². The SMILES string of the molecule is CCC(Nc1nc(N)c(Cl)cc1Cl)c1cccs1. The second-order valence-corrected chi connectivity index (χ2v) is 5.60. The lowest BCUT2D eigenvalue weighted by Crippen LogP contribution is -2.10. The highest BCUT2D eigenvalue weighted by atomic mass is 35.5. The summed E-state index contributed by atoms with van der Waals surface area (Å²) < 4.78 is 0. The monoisotopic (exact) mass is 301 g/mol. The Balaban J connectivity index is 2.25. The molecule has 0 saturated carbocycles. The van der Waals surface area contributed by atoms with Gasteiger partial charge in [-0.3, -0.25) is 0 Å². The number of hydrogen-bond acceptors (Lipinski definition) is 4. The first-order valence-electron chi connectivity index (χ1n) is 5.53. The van der Waals surface area contributed by atoms with Crippen molar-refractivity contribution in [3.05, 3.63) is 38.5 Å². The lowest BCUT2D eigenvalue weighted by atomic mass is 10.2. The maximum Gasteiger partial charge on any atom is 0.147 e. The van der Waals surface area contributed by atoms with Crippen LogP contribution < -0.4 is 11.1 Å². The first-order chi connectivity index (χ1) is 8.61. The Morgan fingerprint density at radius 3 is 2.83 bits per heavy atom. The Morgan fingerprint density at radius 2 is 2.22 bits per heavy atom. The molecule has 6 heteroatoms. The van der Waals surface area contributed by atoms with Gasteiger partial charge in [-0.15, -0.1) is 11.3 Å². The predicted molar refractivity (Wildman–Crippen MR) is 79.6 cm³/mol. The third kappa shape index (κ3) is 2.88. The van der Waals surface area contributed by atoms with E-state index in [9.17, 15) is 0 Å². The minimum absolute atomic E-state index is 0.176. The lowest BCUT2D eigenvalue weighted by Gasteiger charge is -2.17. The van der Waals surface area contributed by atoms with Crippen LogP contribution in [0, 0.1) is 0 Å². The molecule has 0 bridgehead atoms. The van der Waals surface area contributed by atoms with Crippen molar-refractivity contribution in [2.24, 2.45) is 0 Å². The standard InChI is InChI=1S/C12H13Cl2N3S/c1-2-9(10-4-3-5-18-10)16-12-8(14)6-7(13)11(15)17-12/h3-6,9H,2H2,1H3,(H3,15,16,17). The van der Waals surface area contributed by atoms with Crippen LogP contribution >= 0.6 is 34.5 Å². The third-order valence-corrected chi connectivity index (χ3v) is 4.14. The number of anilines is 2. The number of nitrogens with two attached hydrogens (primary N) is 1. The topological polar surface area (TPSA) is 50.9 Å². The highest BCUT2D eigenvalue weighted by molar-refractivity contribution is 7.10. The molecule has 0 aliphatic rings. The number of rotatable bonds is 4. The largest absolute Gasteiger partial charge is 0.382 e. The van der Waals surface area contributed by atoms with Gasteiger partial charge in [0.15, 0.2) is 0 Å². The van der Waals surface area contributed by atoms with Crippen molar-refractivity contribution in [2.75, 3.05) is 11.1 Å². The summed E-state index contributed by atoms with van der Waals surface area (Å²) >= 11 is 13.7. The molecule has 0 aromatic carbocycles. The number of nitrogens with zero attached hydrogens (tertiary/aromatic N) is 1. The van der Waals surface area contributed by atoms with Crippen molar-refractivity contribution in [1.82, 2.24) is 4.98 Å². The Bertz CT molecular complexity index is 528. The summed E-state index contributed by atoms with van der Waals surface area (Å²) in [6.07, 6.45) is 0.932. The van der Waals surface area contributed by atoms with E-state index in [1.165, 1.54) is 4.88 Å². The van der Waals surface area contributed by atoms with Crippen LogP contribution in [0.2, 0.25) is 10.0 Å². The van der Waals surface area contributed by atoms with E-state index in [1.54, 1.807) is 17.4 Å². The van der Waals surface area contributed by atoms with Crippen LogP contribution in [0.25, 0.3) is 0 Å². The van der Waals surface area contributed by atoms with Gasteiger partial charge in [0.05, 0.1) is 16.1 Å². The van der Waals surface area contributed by atoms with Gasteiger partial charge in [0.1, 0.15) is 11.6 Å². The Hall–Kier alpha value is -0.970. The molecule has 18 heavy (non-hydrogen) atoms. The Morgan fingerprint density at radius 1 is 1.44 bits per heavy atom. The predicted octanol–water partition coefficient (Wildman–Crippen LogP) is 4.60. The van der Waals surface area contributed by atoms with Crippen LogP contribution in [0.3, 0.4) is 0 Å². The normalized spacial score (nSPS) is 12.4. The molecule has 2 aromatic rings. The molecule has 1 atom stereocenters. The van der Waals surface area contributed by atoms with E-state index < -0.39 is 0 Å². The van der Waals surface area contributed by atoms with Crippen LogP contribution in [-0.2, 0) is 0 Å². The van der Waals surface area contributed by atoms with Gasteiger partial charge in [0, 0.05) is 4.88 Å². The number of halogens is 2. The fourth-order valence-electron chi connectivity index (χ4n) is 1.61. The van der Waals surface area contributed by atoms with Gasteiger partial charge in [-0.1, -0.05) is 36.2 Å². The maximum absolute atomic E-state index is 6.10. The summed E-state index contributed by atoms with van der Waals surface area (Å²) in [6.45, 7) is 2.10.